The monoisotopic (exact) mass is 306 g/mol. The Balaban J connectivity index is 1.91. The number of hydrogen-bond donors (Lipinski definition) is 1. The van der Waals surface area contributed by atoms with Gasteiger partial charge in [0.25, 0.3) is 5.91 Å². The lowest BCUT2D eigenvalue weighted by atomic mass is 10.2. The van der Waals surface area contributed by atoms with E-state index < -0.39 is 0 Å². The molecule has 1 amide bonds. The third kappa shape index (κ3) is 4.68. The molecule has 0 aliphatic carbocycles. The summed E-state index contributed by atoms with van der Waals surface area (Å²) in [5.41, 5.74) is 0.667. The second-order valence-corrected chi connectivity index (χ2v) is 5.43. The van der Waals surface area contributed by atoms with Gasteiger partial charge >= 0.3 is 0 Å². The Morgan fingerprint density at radius 2 is 2.14 bits per heavy atom. The molecule has 1 aliphatic rings. The van der Waals surface area contributed by atoms with Gasteiger partial charge in [0.1, 0.15) is 5.82 Å². The first-order valence-electron chi connectivity index (χ1n) is 7.95. The highest BCUT2D eigenvalue weighted by molar-refractivity contribution is 5.94. The van der Waals surface area contributed by atoms with E-state index in [4.69, 9.17) is 4.74 Å². The van der Waals surface area contributed by atoms with E-state index >= 15 is 0 Å². The van der Waals surface area contributed by atoms with Crippen molar-refractivity contribution in [2.45, 2.75) is 13.3 Å². The van der Waals surface area contributed by atoms with Gasteiger partial charge in [-0.25, -0.2) is 4.98 Å². The highest BCUT2D eigenvalue weighted by atomic mass is 16.5. The Morgan fingerprint density at radius 3 is 2.82 bits per heavy atom. The Morgan fingerprint density at radius 1 is 1.36 bits per heavy atom. The van der Waals surface area contributed by atoms with Crippen LogP contribution in [0.25, 0.3) is 0 Å². The van der Waals surface area contributed by atoms with E-state index in [1.807, 2.05) is 6.07 Å². The molecule has 0 radical (unpaired) electrons. The van der Waals surface area contributed by atoms with Crippen LogP contribution in [0.1, 0.15) is 23.7 Å². The highest BCUT2D eigenvalue weighted by Crippen LogP contribution is 2.15. The van der Waals surface area contributed by atoms with Gasteiger partial charge < -0.3 is 19.9 Å². The van der Waals surface area contributed by atoms with Crippen molar-refractivity contribution >= 4 is 11.7 Å². The average molecular weight is 306 g/mol. The summed E-state index contributed by atoms with van der Waals surface area (Å²) in [5, 5.41) is 2.91. The molecule has 1 fully saturated rings. The molecule has 6 nitrogen and oxygen atoms in total. The first-order chi connectivity index (χ1) is 10.7. The van der Waals surface area contributed by atoms with E-state index in [-0.39, 0.29) is 5.91 Å². The van der Waals surface area contributed by atoms with E-state index in [1.54, 1.807) is 19.4 Å². The molecule has 0 atom stereocenters. The number of hydrogen-bond acceptors (Lipinski definition) is 5. The number of likely N-dealkylation sites (N-methyl/N-ethyl adjacent to an activating group) is 1. The van der Waals surface area contributed by atoms with Gasteiger partial charge in [-0.3, -0.25) is 4.79 Å². The van der Waals surface area contributed by atoms with E-state index in [2.05, 4.69) is 27.0 Å². The zero-order valence-electron chi connectivity index (χ0n) is 13.5. The molecule has 0 saturated carbocycles. The zero-order chi connectivity index (χ0) is 15.8. The molecule has 0 aromatic carbocycles. The number of nitrogens with one attached hydrogen (secondary N) is 1. The standard InChI is InChI=1S/C16H26N4O2/c1-3-19-8-10-20(11-9-19)15-13-14(5-7-17-15)16(21)18-6-4-12-22-2/h5,7,13H,3-4,6,8-12H2,1-2H3,(H,18,21). The molecule has 1 aromatic heterocycles. The second-order valence-electron chi connectivity index (χ2n) is 5.43. The minimum atomic E-state index is -0.0491. The predicted octanol–water partition coefficient (Wildman–Crippen LogP) is 0.990. The number of nitrogens with zero attached hydrogens (tertiary/aromatic N) is 3. The van der Waals surface area contributed by atoms with Crippen LogP contribution in [0.15, 0.2) is 18.3 Å². The van der Waals surface area contributed by atoms with Crippen LogP contribution in [-0.2, 0) is 4.74 Å². The molecule has 1 N–H and O–H groups in total. The number of piperazine rings is 1. The van der Waals surface area contributed by atoms with Crippen molar-refractivity contribution in [2.75, 3.05) is 57.9 Å². The summed E-state index contributed by atoms with van der Waals surface area (Å²) < 4.78 is 4.97. The van der Waals surface area contributed by atoms with Crippen molar-refractivity contribution in [1.29, 1.82) is 0 Å². The quantitative estimate of drug-likeness (QED) is 0.761. The summed E-state index contributed by atoms with van der Waals surface area (Å²) in [6.07, 6.45) is 2.53. The molecule has 1 saturated heterocycles. The molecule has 2 heterocycles. The van der Waals surface area contributed by atoms with Gasteiger partial charge in [-0.1, -0.05) is 6.92 Å². The van der Waals surface area contributed by atoms with Crippen LogP contribution in [-0.4, -0.2) is 68.8 Å². The summed E-state index contributed by atoms with van der Waals surface area (Å²) in [6, 6.07) is 3.64. The smallest absolute Gasteiger partial charge is 0.251 e. The second kappa shape index (κ2) is 8.70. The lowest BCUT2D eigenvalue weighted by Gasteiger charge is -2.34. The van der Waals surface area contributed by atoms with Crippen LogP contribution in [0.2, 0.25) is 0 Å². The zero-order valence-corrected chi connectivity index (χ0v) is 13.5. The van der Waals surface area contributed by atoms with E-state index in [9.17, 15) is 4.79 Å². The lowest BCUT2D eigenvalue weighted by Crippen LogP contribution is -2.46. The van der Waals surface area contributed by atoms with Gasteiger partial charge in [-0.15, -0.1) is 0 Å². The molecule has 1 aromatic rings. The Hall–Kier alpha value is -1.66. The van der Waals surface area contributed by atoms with Gasteiger partial charge in [-0.05, 0) is 25.1 Å². The number of carbonyl (C=O) groups excluding carboxylic acids is 1. The van der Waals surface area contributed by atoms with Crippen molar-refractivity contribution in [3.05, 3.63) is 23.9 Å². The fourth-order valence-corrected chi connectivity index (χ4v) is 2.55. The number of amides is 1. The van der Waals surface area contributed by atoms with Gasteiger partial charge in [0, 0.05) is 58.2 Å². The van der Waals surface area contributed by atoms with Crippen LogP contribution >= 0.6 is 0 Å². The van der Waals surface area contributed by atoms with Crippen LogP contribution in [0.3, 0.4) is 0 Å². The average Bonchev–Trinajstić information content (AvgIpc) is 2.59. The van der Waals surface area contributed by atoms with E-state index in [0.717, 1.165) is 45.0 Å². The third-order valence-corrected chi connectivity index (χ3v) is 3.96. The van der Waals surface area contributed by atoms with Crippen LogP contribution in [0.4, 0.5) is 5.82 Å². The van der Waals surface area contributed by atoms with Gasteiger partial charge in [0.2, 0.25) is 0 Å². The molecule has 0 unspecified atom stereocenters. The molecule has 1 aliphatic heterocycles. The van der Waals surface area contributed by atoms with Crippen molar-refractivity contribution < 1.29 is 9.53 Å². The summed E-state index contributed by atoms with van der Waals surface area (Å²) in [4.78, 5) is 21.2. The molecule has 2 rings (SSSR count). The fourth-order valence-electron chi connectivity index (χ4n) is 2.55. The van der Waals surface area contributed by atoms with Gasteiger partial charge in [0.05, 0.1) is 0 Å². The van der Waals surface area contributed by atoms with E-state index in [1.165, 1.54) is 0 Å². The highest BCUT2D eigenvalue weighted by Gasteiger charge is 2.17. The number of carbonyl (C=O) groups is 1. The molecule has 6 heteroatoms. The maximum Gasteiger partial charge on any atom is 0.251 e. The predicted molar refractivity (Wildman–Crippen MR) is 87.4 cm³/mol. The van der Waals surface area contributed by atoms with Gasteiger partial charge in [0.15, 0.2) is 0 Å². The lowest BCUT2D eigenvalue weighted by molar-refractivity contribution is 0.0948. The summed E-state index contributed by atoms with van der Waals surface area (Å²) in [5.74, 6) is 0.840. The molecule has 0 spiro atoms. The summed E-state index contributed by atoms with van der Waals surface area (Å²) in [7, 11) is 1.66. The van der Waals surface area contributed by atoms with Gasteiger partial charge in [-0.2, -0.15) is 0 Å². The first kappa shape index (κ1) is 16.7. The number of rotatable bonds is 7. The Kier molecular flexibility index (Phi) is 6.61. The Labute approximate surface area is 132 Å². The van der Waals surface area contributed by atoms with Crippen molar-refractivity contribution in [1.82, 2.24) is 15.2 Å². The van der Waals surface area contributed by atoms with Crippen molar-refractivity contribution in [2.24, 2.45) is 0 Å². The molecular formula is C16H26N4O2. The SMILES string of the molecule is CCN1CCN(c2cc(C(=O)NCCCOC)ccn2)CC1. The van der Waals surface area contributed by atoms with Crippen LogP contribution < -0.4 is 10.2 Å². The molecule has 22 heavy (non-hydrogen) atoms. The fraction of sp³-hybridized carbons (Fsp3) is 0.625. The maximum atomic E-state index is 12.1. The molecular weight excluding hydrogens is 280 g/mol. The van der Waals surface area contributed by atoms with E-state index in [0.29, 0.717) is 18.7 Å². The summed E-state index contributed by atoms with van der Waals surface area (Å²) in [6.45, 7) is 8.56. The van der Waals surface area contributed by atoms with Crippen LogP contribution in [0, 0.1) is 0 Å². The molecule has 0 bridgehead atoms. The van der Waals surface area contributed by atoms with Crippen molar-refractivity contribution in [3.8, 4) is 0 Å². The summed E-state index contributed by atoms with van der Waals surface area (Å²) >= 11 is 0. The topological polar surface area (TPSA) is 57.7 Å². The number of ether oxygens (including phenoxy) is 1. The minimum Gasteiger partial charge on any atom is -0.385 e. The number of aromatic nitrogens is 1. The Bertz CT molecular complexity index is 473. The largest absolute Gasteiger partial charge is 0.385 e. The minimum absolute atomic E-state index is 0.0491. The molecule has 122 valence electrons. The number of methoxy groups -OCH3 is 1. The van der Waals surface area contributed by atoms with Crippen LogP contribution in [0.5, 0.6) is 0 Å². The third-order valence-electron chi connectivity index (χ3n) is 3.96. The van der Waals surface area contributed by atoms with Crippen molar-refractivity contribution in [3.63, 3.8) is 0 Å². The normalized spacial score (nSPS) is 15.8. The first-order valence-corrected chi connectivity index (χ1v) is 7.95. The number of anilines is 1. The number of pyridine rings is 1. The maximum absolute atomic E-state index is 12.1.